The van der Waals surface area contributed by atoms with Gasteiger partial charge in [-0.2, -0.15) is 10.2 Å². The van der Waals surface area contributed by atoms with Crippen LogP contribution >= 0.6 is 15.0 Å². The maximum atomic E-state index is 5.91. The lowest BCUT2D eigenvalue weighted by Gasteiger charge is -2.49. The molecule has 0 aliphatic carbocycles. The summed E-state index contributed by atoms with van der Waals surface area (Å²) in [7, 11) is -5.22. The van der Waals surface area contributed by atoms with E-state index in [1.165, 1.54) is 0 Å². The molecule has 0 heterocycles. The van der Waals surface area contributed by atoms with Crippen LogP contribution in [-0.4, -0.2) is 107 Å². The fourth-order valence-electron chi connectivity index (χ4n) is 9.97. The minimum absolute atomic E-state index is 0.482. The van der Waals surface area contributed by atoms with E-state index in [0.29, 0.717) is 0 Å². The normalized spacial score (nSPS) is 13.6. The molecule has 0 amide bonds. The molecule has 0 fully saturated rings. The summed E-state index contributed by atoms with van der Waals surface area (Å²) < 4.78 is 17.0. The van der Waals surface area contributed by atoms with Crippen molar-refractivity contribution in [2.24, 2.45) is 30.4 Å². The summed E-state index contributed by atoms with van der Waals surface area (Å²) in [5.74, 6) is 0. The first kappa shape index (κ1) is 70.0. The zero-order chi connectivity index (χ0) is 55.5. The monoisotopic (exact) mass is 1090 g/mol. The highest BCUT2D eigenvalue weighted by Gasteiger charge is 2.42. The first-order valence-corrected chi connectivity index (χ1v) is 35.1. The topological polar surface area (TPSA) is 93.6 Å². The number of rotatable bonds is 49. The van der Waals surface area contributed by atoms with Crippen LogP contribution in [0.4, 0.5) is 0 Å². The first-order valence-electron chi connectivity index (χ1n) is 31.9. The Morgan fingerprint density at radius 1 is 0.276 bits per heavy atom. The summed E-state index contributed by atoms with van der Waals surface area (Å²) in [5.41, 5.74) is 2.12. The highest BCUT2D eigenvalue weighted by atomic mass is 31.2. The number of unbranched alkanes of at least 4 members (excludes halogenated alkanes) is 12. The van der Waals surface area contributed by atoms with Crippen LogP contribution in [-0.2, 0) is 0 Å². The second-order valence-electron chi connectivity index (χ2n) is 21.3. The van der Waals surface area contributed by atoms with Gasteiger partial charge >= 0.3 is 0 Å². The molecule has 0 unspecified atom stereocenters. The third-order valence-corrected chi connectivity index (χ3v) is 22.4. The Hall–Kier alpha value is -2.14. The molecule has 0 bridgehead atoms. The van der Waals surface area contributed by atoms with E-state index in [1.807, 2.05) is 0 Å². The molecule has 2 atom stereocenters. The Balaban J connectivity index is 3.42. The van der Waals surface area contributed by atoms with Crippen LogP contribution in [0.15, 0.2) is 91.0 Å². The molecule has 2 aromatic rings. The minimum Gasteiger partial charge on any atom is -0.244 e. The van der Waals surface area contributed by atoms with Crippen molar-refractivity contribution in [3.8, 4) is 0 Å². The van der Waals surface area contributed by atoms with Crippen LogP contribution in [0.5, 0.6) is 0 Å². The number of nitrogens with zero attached hydrogens (tertiary/aromatic N) is 12. The third-order valence-electron chi connectivity index (χ3n) is 14.8. The van der Waals surface area contributed by atoms with E-state index in [9.17, 15) is 0 Å². The van der Waals surface area contributed by atoms with Gasteiger partial charge in [0.2, 0.25) is 0 Å². The smallest absolute Gasteiger partial charge is 0.195 e. The van der Waals surface area contributed by atoms with Crippen molar-refractivity contribution in [2.45, 2.75) is 249 Å². The Morgan fingerprint density at radius 2 is 0.447 bits per heavy atom. The van der Waals surface area contributed by atoms with Gasteiger partial charge in [-0.3, -0.25) is 0 Å². The maximum Gasteiger partial charge on any atom is 0.195 e. The van der Waals surface area contributed by atoms with Gasteiger partial charge in [-0.05, 0) is 98.6 Å². The van der Waals surface area contributed by atoms with Crippen molar-refractivity contribution < 1.29 is 0 Å². The number of hydrogen-bond donors (Lipinski definition) is 0. The van der Waals surface area contributed by atoms with Crippen molar-refractivity contribution in [1.82, 2.24) is 28.0 Å². The average molecular weight is 1100 g/mol. The van der Waals surface area contributed by atoms with Crippen LogP contribution < -0.4 is 0 Å². The van der Waals surface area contributed by atoms with E-state index >= 15 is 0 Å². The molecule has 438 valence electrons. The summed E-state index contributed by atoms with van der Waals surface area (Å²) in [6.07, 6.45) is 27.4. The van der Waals surface area contributed by atoms with E-state index in [-0.39, 0.29) is 0 Å². The van der Waals surface area contributed by atoms with Crippen molar-refractivity contribution in [3.05, 3.63) is 71.8 Å². The summed E-state index contributed by atoms with van der Waals surface area (Å²) in [4.78, 5) is 11.8. The summed E-state index contributed by atoms with van der Waals surface area (Å²) in [5, 5.41) is 21.8. The van der Waals surface area contributed by atoms with Crippen LogP contribution in [0, 0.1) is 0 Å². The molecule has 76 heavy (non-hydrogen) atoms. The van der Waals surface area contributed by atoms with Gasteiger partial charge in [-0.15, -0.1) is 9.71 Å². The van der Waals surface area contributed by atoms with Crippen LogP contribution in [0.1, 0.15) is 260 Å². The Bertz CT molecular complexity index is 1540. The third kappa shape index (κ3) is 23.5. The second-order valence-corrected chi connectivity index (χ2v) is 27.2. The summed E-state index contributed by atoms with van der Waals surface area (Å²) in [6, 6.07) is 20.6. The standard InChI is InChI=1S/C62H120N12P2/c1-13-25-47-69(48-26-14-2)75(70(49-27-15-3)50-28-16-4,71(51-29-17-5)52-30-18-6)67-65-63-61(59-43-39-37-40-44-59)62(60-45-41-38-42-46-60)64-66-68-76(72(53-31-19-7)54-32-20-8,73(55-33-21-9)56-34-22-10)74(57-35-23-11)58-36-24-12/h37-46,61-62H,13-36,47-58H2,1-12H3/t61-,62-/m0/s1. The average Bonchev–Trinajstić information content (AvgIpc) is 3.45. The second kappa shape index (κ2) is 44.6. The highest BCUT2D eigenvalue weighted by Crippen LogP contribution is 2.62. The van der Waals surface area contributed by atoms with Crippen molar-refractivity contribution in [1.29, 1.82) is 0 Å². The predicted molar refractivity (Wildman–Crippen MR) is 335 cm³/mol. The molecule has 0 saturated carbocycles. The fourth-order valence-corrected chi connectivity index (χ4v) is 18.0. The maximum absolute atomic E-state index is 5.91. The van der Waals surface area contributed by atoms with Gasteiger partial charge in [0.1, 0.15) is 12.1 Å². The largest absolute Gasteiger partial charge is 0.244 e. The molecule has 2 aromatic carbocycles. The molecule has 0 aliphatic rings. The molecule has 0 aromatic heterocycles. The molecular weight excluding hydrogens is 975 g/mol. The predicted octanol–water partition coefficient (Wildman–Crippen LogP) is 20.5. The van der Waals surface area contributed by atoms with Gasteiger partial charge in [0.05, 0.1) is 0 Å². The van der Waals surface area contributed by atoms with E-state index in [1.54, 1.807) is 0 Å². The van der Waals surface area contributed by atoms with E-state index < -0.39 is 27.1 Å². The zero-order valence-corrected chi connectivity index (χ0v) is 53.4. The van der Waals surface area contributed by atoms with Crippen molar-refractivity contribution in [3.63, 3.8) is 0 Å². The van der Waals surface area contributed by atoms with Gasteiger partial charge < -0.3 is 0 Å². The van der Waals surface area contributed by atoms with E-state index in [2.05, 4.69) is 172 Å². The van der Waals surface area contributed by atoms with Crippen LogP contribution in [0.2, 0.25) is 0 Å². The Morgan fingerprint density at radius 3 is 0.605 bits per heavy atom. The number of benzene rings is 2. The van der Waals surface area contributed by atoms with Crippen molar-refractivity contribution >= 4 is 15.0 Å². The summed E-state index contributed by atoms with van der Waals surface area (Å²) in [6.45, 7) is 40.2. The lowest BCUT2D eigenvalue weighted by Crippen LogP contribution is -2.43. The molecule has 0 aliphatic heterocycles. The molecule has 0 spiro atoms. The minimum atomic E-state index is -2.61. The quantitative estimate of drug-likeness (QED) is 0.0372. The molecule has 14 heteroatoms. The van der Waals surface area contributed by atoms with Crippen LogP contribution in [0.25, 0.3) is 0 Å². The van der Waals surface area contributed by atoms with E-state index in [4.69, 9.17) is 30.4 Å². The van der Waals surface area contributed by atoms with Gasteiger partial charge in [0.25, 0.3) is 0 Å². The Labute approximate surface area is 470 Å². The summed E-state index contributed by atoms with van der Waals surface area (Å²) >= 11 is 0. The molecule has 2 rings (SSSR count). The first-order chi connectivity index (χ1) is 37.3. The van der Waals surface area contributed by atoms with Gasteiger partial charge in [0.15, 0.2) is 15.0 Å². The lowest BCUT2D eigenvalue weighted by atomic mass is 9.95. The Kier molecular flexibility index (Phi) is 41.0. The number of hydrogen-bond acceptors (Lipinski definition) is 2. The molecule has 0 radical (unpaired) electrons. The van der Waals surface area contributed by atoms with Gasteiger partial charge in [-0.1, -0.05) is 221 Å². The SMILES string of the molecule is CCCCN(CCCC)P(=NN=N[C@@H](c1ccccc1)[C@@H](N=NN=P(N(CCCC)CCCC)(N(CCCC)CCCC)N(CCCC)CCCC)c1ccccc1)(N(CCCC)CCCC)N(CCCC)CCCC. The molecule has 0 saturated heterocycles. The highest BCUT2D eigenvalue weighted by molar-refractivity contribution is 7.59. The van der Waals surface area contributed by atoms with E-state index in [0.717, 1.165) is 244 Å². The van der Waals surface area contributed by atoms with Gasteiger partial charge in [0, 0.05) is 78.5 Å². The molecule has 0 N–H and O–H groups in total. The molecule has 12 nitrogen and oxygen atoms in total. The lowest BCUT2D eigenvalue weighted by molar-refractivity contribution is 0.289. The van der Waals surface area contributed by atoms with Crippen LogP contribution in [0.3, 0.4) is 0 Å². The zero-order valence-electron chi connectivity index (χ0n) is 51.6. The fraction of sp³-hybridized carbons (Fsp3) is 0.806. The molecular formula is C62H120N12P2. The van der Waals surface area contributed by atoms with Gasteiger partial charge in [-0.25, -0.2) is 28.0 Å². The van der Waals surface area contributed by atoms with Crippen molar-refractivity contribution in [2.75, 3.05) is 78.5 Å².